The van der Waals surface area contributed by atoms with Crippen molar-refractivity contribution in [1.82, 2.24) is 19.7 Å². The molecule has 1 heterocycles. The molecule has 1 N–H and O–H groups in total. The van der Waals surface area contributed by atoms with Gasteiger partial charge in [0.15, 0.2) is 11.4 Å². The number of amides is 1. The molecular formula is C16H7Cl3F4N4O3S. The zero-order valence-electron chi connectivity index (χ0n) is 14.6. The zero-order valence-corrected chi connectivity index (χ0v) is 17.7. The molecule has 0 bridgehead atoms. The second-order valence-electron chi connectivity index (χ2n) is 5.80. The molecule has 0 aliphatic carbocycles. The third-order valence-electron chi connectivity index (χ3n) is 3.70. The van der Waals surface area contributed by atoms with Crippen molar-refractivity contribution in [2.75, 3.05) is 0 Å². The first-order valence-electron chi connectivity index (χ1n) is 7.82. The molecule has 1 amide bonds. The molecule has 0 aliphatic heterocycles. The summed E-state index contributed by atoms with van der Waals surface area (Å²) in [7, 11) is -4.64. The molecule has 0 radical (unpaired) electrons. The highest BCUT2D eigenvalue weighted by atomic mass is 35.5. The third kappa shape index (κ3) is 4.76. The van der Waals surface area contributed by atoms with Gasteiger partial charge in [-0.3, -0.25) is 4.79 Å². The molecule has 0 unspecified atom stereocenters. The minimum absolute atomic E-state index is 0.0239. The van der Waals surface area contributed by atoms with Crippen LogP contribution in [0.2, 0.25) is 15.1 Å². The predicted octanol–water partition coefficient (Wildman–Crippen LogP) is 4.50. The lowest BCUT2D eigenvalue weighted by molar-refractivity contribution is -0.143. The van der Waals surface area contributed by atoms with Crippen molar-refractivity contribution < 1.29 is 30.8 Å². The minimum atomic E-state index is -5.22. The number of carbonyl (C=O) groups excluding carboxylic acids is 1. The Hall–Kier alpha value is -2.41. The zero-order chi connectivity index (χ0) is 23.1. The quantitative estimate of drug-likeness (QED) is 0.514. The van der Waals surface area contributed by atoms with E-state index in [9.17, 15) is 30.8 Å². The van der Waals surface area contributed by atoms with Crippen molar-refractivity contribution in [2.24, 2.45) is 0 Å². The summed E-state index contributed by atoms with van der Waals surface area (Å²) in [6.45, 7) is 0. The van der Waals surface area contributed by atoms with Crippen molar-refractivity contribution in [3.63, 3.8) is 0 Å². The van der Waals surface area contributed by atoms with Gasteiger partial charge in [0.1, 0.15) is 11.5 Å². The van der Waals surface area contributed by atoms with Gasteiger partial charge in [-0.2, -0.15) is 13.2 Å². The van der Waals surface area contributed by atoms with Crippen LogP contribution in [0.15, 0.2) is 41.3 Å². The minimum Gasteiger partial charge on any atom is -0.266 e. The number of hydrogen-bond acceptors (Lipinski definition) is 5. The second kappa shape index (κ2) is 8.26. The summed E-state index contributed by atoms with van der Waals surface area (Å²) in [5.41, 5.74) is -3.57. The highest BCUT2D eigenvalue weighted by Crippen LogP contribution is 2.38. The van der Waals surface area contributed by atoms with Crippen LogP contribution in [-0.4, -0.2) is 29.3 Å². The maximum atomic E-state index is 13.7. The lowest BCUT2D eigenvalue weighted by atomic mass is 10.2. The summed E-state index contributed by atoms with van der Waals surface area (Å²) in [4.78, 5) is 11.8. The van der Waals surface area contributed by atoms with Crippen LogP contribution in [-0.2, 0) is 16.2 Å². The SMILES string of the molecule is O=C(NS(=O)(=O)c1ccc(F)cc1)c1nnn(-c2c(Cl)cc(Cl)cc2Cl)c1C(F)(F)F. The predicted molar refractivity (Wildman–Crippen MR) is 102 cm³/mol. The van der Waals surface area contributed by atoms with Gasteiger partial charge in [-0.05, 0) is 36.4 Å². The topological polar surface area (TPSA) is 93.9 Å². The van der Waals surface area contributed by atoms with E-state index >= 15 is 0 Å². The maximum Gasteiger partial charge on any atom is 0.435 e. The van der Waals surface area contributed by atoms with Crippen molar-refractivity contribution in [3.05, 3.63) is 68.7 Å². The van der Waals surface area contributed by atoms with E-state index < -0.39 is 49.9 Å². The monoisotopic (exact) mass is 516 g/mol. The number of sulfonamides is 1. The van der Waals surface area contributed by atoms with Gasteiger partial charge in [0, 0.05) is 5.02 Å². The normalized spacial score (nSPS) is 12.1. The van der Waals surface area contributed by atoms with Crippen LogP contribution < -0.4 is 4.72 Å². The van der Waals surface area contributed by atoms with Gasteiger partial charge in [-0.25, -0.2) is 22.2 Å². The Bertz CT molecular complexity index is 1260. The number of hydrogen-bond donors (Lipinski definition) is 1. The summed E-state index contributed by atoms with van der Waals surface area (Å²) < 4.78 is 80.3. The number of rotatable bonds is 4. The first kappa shape index (κ1) is 23.3. The van der Waals surface area contributed by atoms with Crippen molar-refractivity contribution in [2.45, 2.75) is 11.1 Å². The highest BCUT2D eigenvalue weighted by molar-refractivity contribution is 7.90. The molecule has 0 saturated heterocycles. The number of alkyl halides is 3. The average Bonchev–Trinajstić information content (AvgIpc) is 3.06. The molecule has 0 spiro atoms. The fourth-order valence-electron chi connectivity index (χ4n) is 2.43. The molecule has 3 aromatic rings. The van der Waals surface area contributed by atoms with Crippen LogP contribution in [0.5, 0.6) is 0 Å². The number of carbonyl (C=O) groups is 1. The maximum absolute atomic E-state index is 13.7. The van der Waals surface area contributed by atoms with E-state index in [2.05, 4.69) is 10.3 Å². The summed E-state index contributed by atoms with van der Waals surface area (Å²) in [5.74, 6) is -2.49. The smallest absolute Gasteiger partial charge is 0.266 e. The molecule has 7 nitrogen and oxygen atoms in total. The van der Waals surface area contributed by atoms with Crippen LogP contribution in [0.1, 0.15) is 16.2 Å². The first-order chi connectivity index (χ1) is 14.3. The lowest BCUT2D eigenvalue weighted by Crippen LogP contribution is -2.32. The van der Waals surface area contributed by atoms with Gasteiger partial charge in [-0.1, -0.05) is 40.0 Å². The number of benzene rings is 2. The molecule has 0 aliphatic rings. The molecule has 0 fully saturated rings. The lowest BCUT2D eigenvalue weighted by Gasteiger charge is -2.13. The van der Waals surface area contributed by atoms with E-state index in [1.54, 1.807) is 0 Å². The molecule has 164 valence electrons. The number of halogens is 7. The standard InChI is InChI=1S/C16H7Cl3F4N4O3S/c17-7-5-10(18)13(11(19)6-7)27-14(16(21,22)23)12(24-26-27)15(28)25-31(29,30)9-3-1-8(20)2-4-9/h1-6H,(H,25,28). The van der Waals surface area contributed by atoms with Crippen LogP contribution in [0.3, 0.4) is 0 Å². The van der Waals surface area contributed by atoms with Gasteiger partial charge in [0.05, 0.1) is 14.9 Å². The molecule has 2 aromatic carbocycles. The van der Waals surface area contributed by atoms with E-state index in [1.165, 1.54) is 4.72 Å². The van der Waals surface area contributed by atoms with E-state index in [4.69, 9.17) is 34.8 Å². The van der Waals surface area contributed by atoms with Gasteiger partial charge < -0.3 is 0 Å². The molecule has 31 heavy (non-hydrogen) atoms. The van der Waals surface area contributed by atoms with Crippen LogP contribution >= 0.6 is 34.8 Å². The second-order valence-corrected chi connectivity index (χ2v) is 8.74. The Kier molecular flexibility index (Phi) is 6.20. The Balaban J connectivity index is 2.09. The summed E-state index contributed by atoms with van der Waals surface area (Å²) in [6.07, 6.45) is -5.22. The fourth-order valence-corrected chi connectivity index (χ4v) is 4.36. The largest absolute Gasteiger partial charge is 0.435 e. The van der Waals surface area contributed by atoms with Crippen molar-refractivity contribution in [1.29, 1.82) is 0 Å². The van der Waals surface area contributed by atoms with E-state index in [0.29, 0.717) is 0 Å². The van der Waals surface area contributed by atoms with Crippen LogP contribution in [0.4, 0.5) is 17.6 Å². The van der Waals surface area contributed by atoms with E-state index in [0.717, 1.165) is 36.4 Å². The number of nitrogens with zero attached hydrogens (tertiary/aromatic N) is 3. The Morgan fingerprint density at radius 2 is 1.58 bits per heavy atom. The summed E-state index contributed by atoms with van der Waals surface area (Å²) in [5, 5.41) is 5.79. The molecule has 0 saturated carbocycles. The van der Waals surface area contributed by atoms with Gasteiger partial charge in [-0.15, -0.1) is 5.10 Å². The molecule has 15 heteroatoms. The van der Waals surface area contributed by atoms with Gasteiger partial charge >= 0.3 is 6.18 Å². The van der Waals surface area contributed by atoms with Crippen LogP contribution in [0, 0.1) is 5.82 Å². The van der Waals surface area contributed by atoms with Crippen molar-refractivity contribution >= 4 is 50.7 Å². The molecule has 0 atom stereocenters. The summed E-state index contributed by atoms with van der Waals surface area (Å²) >= 11 is 17.6. The van der Waals surface area contributed by atoms with Gasteiger partial charge in [0.2, 0.25) is 0 Å². The molecular weight excluding hydrogens is 511 g/mol. The number of aromatic nitrogens is 3. The van der Waals surface area contributed by atoms with Gasteiger partial charge in [0.25, 0.3) is 15.9 Å². The molecule has 1 aromatic heterocycles. The van der Waals surface area contributed by atoms with Crippen LogP contribution in [0.25, 0.3) is 5.69 Å². The Labute approximate surface area is 186 Å². The third-order valence-corrected chi connectivity index (χ3v) is 5.84. The summed E-state index contributed by atoms with van der Waals surface area (Å²) in [6, 6.07) is 5.40. The van der Waals surface area contributed by atoms with E-state index in [-0.39, 0.29) is 19.7 Å². The van der Waals surface area contributed by atoms with E-state index in [1.807, 2.05) is 0 Å². The first-order valence-corrected chi connectivity index (χ1v) is 10.4. The average molecular weight is 518 g/mol. The molecule has 3 rings (SSSR count). The fraction of sp³-hybridized carbons (Fsp3) is 0.0625. The van der Waals surface area contributed by atoms with Crippen molar-refractivity contribution in [3.8, 4) is 5.69 Å². The number of nitrogens with one attached hydrogen (secondary N) is 1. The highest BCUT2D eigenvalue weighted by Gasteiger charge is 2.43. The Morgan fingerprint density at radius 3 is 2.10 bits per heavy atom. The Morgan fingerprint density at radius 1 is 1.03 bits per heavy atom.